The summed E-state index contributed by atoms with van der Waals surface area (Å²) in [5.74, 6) is -0.172. The molecule has 0 aromatic rings. The molecule has 5 N–H and O–H groups in total. The first kappa shape index (κ1) is 27.1. The van der Waals surface area contributed by atoms with Gasteiger partial charge in [0.25, 0.3) is 0 Å². The normalized spacial score (nSPS) is 38.9. The van der Waals surface area contributed by atoms with Crippen LogP contribution in [0, 0.1) is 23.2 Å². The lowest BCUT2D eigenvalue weighted by Crippen LogP contribution is -2.55. The number of carboxylic acids is 1. The number of fused-ring (bicyclic) bond motifs is 1. The second-order valence-electron chi connectivity index (χ2n) is 11.8. The lowest BCUT2D eigenvalue weighted by atomic mass is 9.60. The maximum absolute atomic E-state index is 11.4. The Morgan fingerprint density at radius 3 is 2.56 bits per heavy atom. The van der Waals surface area contributed by atoms with Crippen LogP contribution in [0.2, 0.25) is 0 Å². The number of hydrogen-bond donors (Lipinski definition) is 5. The van der Waals surface area contributed by atoms with Crippen molar-refractivity contribution in [3.05, 3.63) is 35.5 Å². The largest absolute Gasteiger partial charge is 0.479 e. The van der Waals surface area contributed by atoms with E-state index >= 15 is 0 Å². The molecule has 3 fully saturated rings. The number of carboxylic acid groups (broad SMARTS) is 1. The maximum Gasteiger partial charge on any atom is 0.338 e. The molecule has 8 atom stereocenters. The Morgan fingerprint density at radius 1 is 1.24 bits per heavy atom. The Hall–Kier alpha value is -1.47. The Kier molecular flexibility index (Phi) is 7.88. The highest BCUT2D eigenvalue weighted by Crippen LogP contribution is 2.60. The maximum atomic E-state index is 11.4. The second-order valence-corrected chi connectivity index (χ2v) is 11.8. The van der Waals surface area contributed by atoms with E-state index in [-0.39, 0.29) is 11.8 Å². The van der Waals surface area contributed by atoms with E-state index in [4.69, 9.17) is 0 Å². The molecule has 3 aliphatic carbocycles. The minimum absolute atomic E-state index is 0.145. The van der Waals surface area contributed by atoms with Gasteiger partial charge in [0.05, 0.1) is 12.2 Å². The zero-order valence-corrected chi connectivity index (χ0v) is 21.3. The average Bonchev–Trinajstić information content (AvgIpc) is 3.10. The molecule has 6 nitrogen and oxygen atoms in total. The van der Waals surface area contributed by atoms with Gasteiger partial charge in [-0.05, 0) is 99.5 Å². The van der Waals surface area contributed by atoms with Crippen molar-refractivity contribution in [1.82, 2.24) is 0 Å². The summed E-state index contributed by atoms with van der Waals surface area (Å²) in [6, 6.07) is 0. The SMILES string of the molecule is C=C1/C(=C\C=C2\CCC[C@]3(C)[C@@H]([C@H](C)CC[C@@](C)(O)C(C)(O)C(=O)O)CC[C@@H]23)C[C@@H](O)C[C@@H]1O. The Balaban J connectivity index is 1.72. The average molecular weight is 477 g/mol. The van der Waals surface area contributed by atoms with E-state index in [1.54, 1.807) is 0 Å². The molecule has 0 spiro atoms. The summed E-state index contributed by atoms with van der Waals surface area (Å²) >= 11 is 0. The standard InChI is InChI=1S/C28H44O6/c1-17(12-14-27(4,33)28(5,34)25(31)32)22-10-11-23-19(7-6-13-26(22,23)3)8-9-20-15-21(29)16-24(30)18(20)2/h8-9,17,21-24,29-30,33-34H,2,6-7,10-16H2,1,3-5H3,(H,31,32)/b19-8-,20-9-/t17-,21-,22-,23+,24+,26-,27-,28?/m1/s1. The van der Waals surface area contributed by atoms with Gasteiger partial charge in [0.1, 0.15) is 5.60 Å². The molecule has 0 aromatic carbocycles. The van der Waals surface area contributed by atoms with Gasteiger partial charge in [-0.15, -0.1) is 0 Å². The lowest BCUT2D eigenvalue weighted by molar-refractivity contribution is -0.186. The lowest BCUT2D eigenvalue weighted by Gasteiger charge is -2.45. The van der Waals surface area contributed by atoms with Crippen LogP contribution in [0.4, 0.5) is 0 Å². The summed E-state index contributed by atoms with van der Waals surface area (Å²) in [4.78, 5) is 11.4. The van der Waals surface area contributed by atoms with Crippen LogP contribution in [0.15, 0.2) is 35.5 Å². The fourth-order valence-electron chi connectivity index (χ4n) is 6.86. The molecule has 0 heterocycles. The molecule has 0 aromatic heterocycles. The predicted octanol–water partition coefficient (Wildman–Crippen LogP) is 4.13. The molecule has 6 heteroatoms. The van der Waals surface area contributed by atoms with Crippen molar-refractivity contribution in [2.75, 3.05) is 0 Å². The van der Waals surface area contributed by atoms with E-state index in [1.807, 2.05) is 0 Å². The molecule has 3 rings (SSSR count). The summed E-state index contributed by atoms with van der Waals surface area (Å²) in [5.41, 5.74) is -0.671. The third-order valence-corrected chi connectivity index (χ3v) is 9.54. The summed E-state index contributed by atoms with van der Waals surface area (Å²) in [6.45, 7) is 11.2. The smallest absolute Gasteiger partial charge is 0.338 e. The third kappa shape index (κ3) is 5.06. The zero-order chi connectivity index (χ0) is 25.5. The van der Waals surface area contributed by atoms with Crippen LogP contribution < -0.4 is 0 Å². The van der Waals surface area contributed by atoms with Crippen LogP contribution in [0.25, 0.3) is 0 Å². The van der Waals surface area contributed by atoms with Crippen LogP contribution in [0.3, 0.4) is 0 Å². The molecule has 192 valence electrons. The van der Waals surface area contributed by atoms with Crippen molar-refractivity contribution in [2.24, 2.45) is 23.2 Å². The molecule has 34 heavy (non-hydrogen) atoms. The van der Waals surface area contributed by atoms with Gasteiger partial charge in [0.2, 0.25) is 0 Å². The Bertz CT molecular complexity index is 853. The van der Waals surface area contributed by atoms with Crippen molar-refractivity contribution in [3.8, 4) is 0 Å². The fourth-order valence-corrected chi connectivity index (χ4v) is 6.86. The molecule has 0 bridgehead atoms. The predicted molar refractivity (Wildman–Crippen MR) is 132 cm³/mol. The number of aliphatic carboxylic acids is 1. The first-order chi connectivity index (χ1) is 15.7. The minimum Gasteiger partial charge on any atom is -0.479 e. The highest BCUT2D eigenvalue weighted by molar-refractivity contribution is 5.78. The number of allylic oxidation sites excluding steroid dienone is 3. The monoisotopic (exact) mass is 476 g/mol. The van der Waals surface area contributed by atoms with Gasteiger partial charge in [-0.2, -0.15) is 0 Å². The Morgan fingerprint density at radius 2 is 1.91 bits per heavy atom. The second kappa shape index (κ2) is 9.88. The molecule has 0 aliphatic heterocycles. The van der Waals surface area contributed by atoms with E-state index in [1.165, 1.54) is 19.4 Å². The number of rotatable bonds is 7. The Labute approximate surface area is 204 Å². The number of hydrogen-bond acceptors (Lipinski definition) is 5. The molecular weight excluding hydrogens is 432 g/mol. The van der Waals surface area contributed by atoms with Crippen molar-refractivity contribution < 1.29 is 30.3 Å². The highest BCUT2D eigenvalue weighted by atomic mass is 16.4. The van der Waals surface area contributed by atoms with Crippen LogP contribution in [-0.2, 0) is 4.79 Å². The summed E-state index contributed by atoms with van der Waals surface area (Å²) in [7, 11) is 0. The molecular formula is C28H44O6. The topological polar surface area (TPSA) is 118 Å². The van der Waals surface area contributed by atoms with Crippen molar-refractivity contribution in [2.45, 2.75) is 109 Å². The zero-order valence-electron chi connectivity index (χ0n) is 21.3. The van der Waals surface area contributed by atoms with Crippen LogP contribution >= 0.6 is 0 Å². The summed E-state index contributed by atoms with van der Waals surface area (Å²) in [6.07, 6.45) is 10.3. The van der Waals surface area contributed by atoms with Crippen molar-refractivity contribution in [1.29, 1.82) is 0 Å². The van der Waals surface area contributed by atoms with Crippen molar-refractivity contribution in [3.63, 3.8) is 0 Å². The molecule has 0 saturated heterocycles. The summed E-state index contributed by atoms with van der Waals surface area (Å²) in [5, 5.41) is 50.5. The molecule has 3 saturated carbocycles. The highest BCUT2D eigenvalue weighted by Gasteiger charge is 2.52. The van der Waals surface area contributed by atoms with Crippen LogP contribution in [-0.4, -0.2) is 54.9 Å². The van der Waals surface area contributed by atoms with Crippen LogP contribution in [0.5, 0.6) is 0 Å². The first-order valence-corrected chi connectivity index (χ1v) is 12.8. The fraction of sp³-hybridized carbons (Fsp3) is 0.750. The number of aliphatic hydroxyl groups excluding tert-OH is 2. The minimum atomic E-state index is -2.19. The molecule has 0 radical (unpaired) electrons. The van der Waals surface area contributed by atoms with E-state index in [0.717, 1.165) is 37.7 Å². The van der Waals surface area contributed by atoms with E-state index < -0.39 is 29.4 Å². The quantitative estimate of drug-likeness (QED) is 0.377. The molecule has 0 amide bonds. The van der Waals surface area contributed by atoms with Gasteiger partial charge in [-0.3, -0.25) is 0 Å². The van der Waals surface area contributed by atoms with E-state index in [0.29, 0.717) is 42.6 Å². The van der Waals surface area contributed by atoms with Gasteiger partial charge < -0.3 is 25.5 Å². The first-order valence-electron chi connectivity index (χ1n) is 12.8. The van der Waals surface area contributed by atoms with E-state index in [9.17, 15) is 30.3 Å². The van der Waals surface area contributed by atoms with Gasteiger partial charge >= 0.3 is 5.97 Å². The van der Waals surface area contributed by atoms with Gasteiger partial charge in [0, 0.05) is 6.42 Å². The van der Waals surface area contributed by atoms with Gasteiger partial charge in [0.15, 0.2) is 5.60 Å². The number of aliphatic hydroxyl groups is 4. The van der Waals surface area contributed by atoms with E-state index in [2.05, 4.69) is 32.6 Å². The van der Waals surface area contributed by atoms with Gasteiger partial charge in [-0.1, -0.05) is 38.2 Å². The third-order valence-electron chi connectivity index (χ3n) is 9.54. The van der Waals surface area contributed by atoms with Gasteiger partial charge in [-0.25, -0.2) is 4.79 Å². The molecule has 3 aliphatic rings. The number of carbonyl (C=O) groups is 1. The van der Waals surface area contributed by atoms with Crippen LogP contribution in [0.1, 0.15) is 85.5 Å². The summed E-state index contributed by atoms with van der Waals surface area (Å²) < 4.78 is 0. The molecule has 1 unspecified atom stereocenters. The van der Waals surface area contributed by atoms with Crippen molar-refractivity contribution >= 4 is 5.97 Å².